The summed E-state index contributed by atoms with van der Waals surface area (Å²) in [7, 11) is 0. The normalized spacial score (nSPS) is 11.5. The number of amides is 2. The largest absolute Gasteiger partial charge is 0.508 e. The molecular formula is C16H16N2O5. The number of aromatic hydroxyl groups is 2. The van der Waals surface area contributed by atoms with Crippen molar-refractivity contribution < 1.29 is 24.9 Å². The fourth-order valence-corrected chi connectivity index (χ4v) is 1.84. The number of aliphatic hydroxyl groups is 1. The van der Waals surface area contributed by atoms with E-state index in [9.17, 15) is 19.8 Å². The Bertz CT molecular complexity index is 700. The molecule has 0 radical (unpaired) electrons. The number of carbonyl (C=O) groups is 2. The van der Waals surface area contributed by atoms with E-state index in [0.717, 1.165) is 0 Å². The van der Waals surface area contributed by atoms with Crippen molar-refractivity contribution in [3.63, 3.8) is 0 Å². The maximum atomic E-state index is 11.7. The second-order valence-corrected chi connectivity index (χ2v) is 4.79. The lowest BCUT2D eigenvalue weighted by Gasteiger charge is -2.12. The van der Waals surface area contributed by atoms with E-state index in [1.165, 1.54) is 36.4 Å². The standard InChI is InChI=1S/C16H16N2O5/c19-11-7-5-10(6-8-11)14(21)9-17-15(22)16(23)18-12-3-1-2-4-13(12)20/h1-8,14,19-21H,9H2,(H,17,22)(H,18,23)/t14-/m0/s1. The van der Waals surface area contributed by atoms with Crippen LogP contribution < -0.4 is 10.6 Å². The average Bonchev–Trinajstić information content (AvgIpc) is 2.55. The number of phenols is 2. The zero-order chi connectivity index (χ0) is 16.8. The van der Waals surface area contributed by atoms with Gasteiger partial charge in [0.25, 0.3) is 0 Å². The molecule has 7 heteroatoms. The first-order chi connectivity index (χ1) is 11.0. The highest BCUT2D eigenvalue weighted by atomic mass is 16.3. The Morgan fingerprint density at radius 2 is 1.61 bits per heavy atom. The van der Waals surface area contributed by atoms with Gasteiger partial charge in [-0.2, -0.15) is 0 Å². The smallest absolute Gasteiger partial charge is 0.313 e. The number of anilines is 1. The third-order valence-electron chi connectivity index (χ3n) is 3.09. The van der Waals surface area contributed by atoms with Crippen molar-refractivity contribution in [2.75, 3.05) is 11.9 Å². The molecule has 0 saturated carbocycles. The summed E-state index contributed by atoms with van der Waals surface area (Å²) < 4.78 is 0. The number of nitrogens with one attached hydrogen (secondary N) is 2. The summed E-state index contributed by atoms with van der Waals surface area (Å²) in [5.41, 5.74) is 0.607. The first-order valence-electron chi connectivity index (χ1n) is 6.81. The fourth-order valence-electron chi connectivity index (χ4n) is 1.84. The number of hydrogen-bond donors (Lipinski definition) is 5. The van der Waals surface area contributed by atoms with Gasteiger partial charge >= 0.3 is 11.8 Å². The third kappa shape index (κ3) is 4.45. The van der Waals surface area contributed by atoms with E-state index < -0.39 is 17.9 Å². The quantitative estimate of drug-likeness (QED) is 0.424. The SMILES string of the molecule is O=C(NC[C@H](O)c1ccc(O)cc1)C(=O)Nc1ccccc1O. The summed E-state index contributed by atoms with van der Waals surface area (Å²) in [6.45, 7) is -0.169. The van der Waals surface area contributed by atoms with Gasteiger partial charge in [0, 0.05) is 6.54 Å². The minimum Gasteiger partial charge on any atom is -0.508 e. The van der Waals surface area contributed by atoms with Crippen LogP contribution in [0.2, 0.25) is 0 Å². The van der Waals surface area contributed by atoms with Crippen LogP contribution >= 0.6 is 0 Å². The van der Waals surface area contributed by atoms with Gasteiger partial charge < -0.3 is 26.0 Å². The molecule has 0 aliphatic carbocycles. The van der Waals surface area contributed by atoms with Crippen molar-refractivity contribution >= 4 is 17.5 Å². The minimum absolute atomic E-state index is 0.0621. The first-order valence-corrected chi connectivity index (χ1v) is 6.81. The Balaban J connectivity index is 1.87. The van der Waals surface area contributed by atoms with E-state index >= 15 is 0 Å². The Morgan fingerprint density at radius 1 is 0.957 bits per heavy atom. The monoisotopic (exact) mass is 316 g/mol. The van der Waals surface area contributed by atoms with Gasteiger partial charge in [0.1, 0.15) is 11.5 Å². The van der Waals surface area contributed by atoms with Crippen molar-refractivity contribution in [3.8, 4) is 11.5 Å². The average molecular weight is 316 g/mol. The number of benzene rings is 2. The summed E-state index contributed by atoms with van der Waals surface area (Å²) in [6.07, 6.45) is -1.02. The molecule has 0 fully saturated rings. The van der Waals surface area contributed by atoms with Gasteiger partial charge in [-0.05, 0) is 29.8 Å². The molecule has 7 nitrogen and oxygen atoms in total. The molecule has 2 aromatic carbocycles. The molecule has 0 aliphatic heterocycles. The number of rotatable bonds is 4. The van der Waals surface area contributed by atoms with E-state index in [-0.39, 0.29) is 23.7 Å². The lowest BCUT2D eigenvalue weighted by atomic mass is 10.1. The highest BCUT2D eigenvalue weighted by Gasteiger charge is 2.17. The second-order valence-electron chi connectivity index (χ2n) is 4.79. The zero-order valence-electron chi connectivity index (χ0n) is 12.1. The summed E-state index contributed by atoms with van der Waals surface area (Å²) in [5.74, 6) is -1.99. The summed E-state index contributed by atoms with van der Waals surface area (Å²) in [5, 5.41) is 33.2. The lowest BCUT2D eigenvalue weighted by Crippen LogP contribution is -2.37. The fraction of sp³-hybridized carbons (Fsp3) is 0.125. The maximum absolute atomic E-state index is 11.7. The van der Waals surface area contributed by atoms with Gasteiger partial charge in [-0.1, -0.05) is 24.3 Å². The molecule has 0 spiro atoms. The van der Waals surface area contributed by atoms with Crippen molar-refractivity contribution in [3.05, 3.63) is 54.1 Å². The number of phenolic OH excluding ortho intramolecular Hbond substituents is 2. The molecule has 2 aromatic rings. The number of hydrogen-bond acceptors (Lipinski definition) is 5. The van der Waals surface area contributed by atoms with E-state index in [0.29, 0.717) is 5.56 Å². The predicted octanol–water partition coefficient (Wildman–Crippen LogP) is 0.886. The topological polar surface area (TPSA) is 119 Å². The molecular weight excluding hydrogens is 300 g/mol. The molecule has 0 bridgehead atoms. The van der Waals surface area contributed by atoms with Crippen molar-refractivity contribution in [2.45, 2.75) is 6.10 Å². The van der Waals surface area contributed by atoms with Crippen LogP contribution in [0.3, 0.4) is 0 Å². The predicted molar refractivity (Wildman–Crippen MR) is 82.8 cm³/mol. The lowest BCUT2D eigenvalue weighted by molar-refractivity contribution is -0.136. The molecule has 1 atom stereocenters. The second kappa shape index (κ2) is 7.28. The Labute approximate surface area is 132 Å². The molecule has 5 N–H and O–H groups in total. The third-order valence-corrected chi connectivity index (χ3v) is 3.09. The number of carbonyl (C=O) groups excluding carboxylic acids is 2. The summed E-state index contributed by atoms with van der Waals surface area (Å²) in [6, 6.07) is 11.8. The first kappa shape index (κ1) is 16.3. The molecule has 2 amide bonds. The van der Waals surface area contributed by atoms with Crippen molar-refractivity contribution in [1.82, 2.24) is 5.32 Å². The van der Waals surface area contributed by atoms with E-state index in [2.05, 4.69) is 10.6 Å². The molecule has 0 unspecified atom stereocenters. The van der Waals surface area contributed by atoms with Crippen LogP contribution in [0.15, 0.2) is 48.5 Å². The van der Waals surface area contributed by atoms with Crippen LogP contribution in [0, 0.1) is 0 Å². The summed E-state index contributed by atoms with van der Waals surface area (Å²) >= 11 is 0. The summed E-state index contributed by atoms with van der Waals surface area (Å²) in [4.78, 5) is 23.4. The number of para-hydroxylation sites is 2. The van der Waals surface area contributed by atoms with E-state index in [4.69, 9.17) is 5.11 Å². The molecule has 0 aliphatic rings. The molecule has 0 saturated heterocycles. The number of aliphatic hydroxyl groups excluding tert-OH is 1. The van der Waals surface area contributed by atoms with Gasteiger partial charge in [-0.15, -0.1) is 0 Å². The van der Waals surface area contributed by atoms with Gasteiger partial charge in [0.05, 0.1) is 11.8 Å². The highest BCUT2D eigenvalue weighted by Crippen LogP contribution is 2.21. The van der Waals surface area contributed by atoms with E-state index in [1.54, 1.807) is 12.1 Å². The van der Waals surface area contributed by atoms with Crippen LogP contribution in [0.1, 0.15) is 11.7 Å². The van der Waals surface area contributed by atoms with E-state index in [1.807, 2.05) is 0 Å². The van der Waals surface area contributed by atoms with Crippen molar-refractivity contribution in [2.24, 2.45) is 0 Å². The zero-order valence-corrected chi connectivity index (χ0v) is 12.1. The van der Waals surface area contributed by atoms with Gasteiger partial charge in [-0.3, -0.25) is 9.59 Å². The van der Waals surface area contributed by atoms with Crippen LogP contribution in [0.4, 0.5) is 5.69 Å². The molecule has 120 valence electrons. The minimum atomic E-state index is -1.02. The molecule has 0 aromatic heterocycles. The Hall–Kier alpha value is -3.06. The van der Waals surface area contributed by atoms with Crippen LogP contribution in [0.5, 0.6) is 11.5 Å². The van der Waals surface area contributed by atoms with Gasteiger partial charge in [0.15, 0.2) is 0 Å². The molecule has 0 heterocycles. The van der Waals surface area contributed by atoms with Gasteiger partial charge in [-0.25, -0.2) is 0 Å². The Morgan fingerprint density at radius 3 is 2.26 bits per heavy atom. The molecule has 23 heavy (non-hydrogen) atoms. The van der Waals surface area contributed by atoms with Crippen molar-refractivity contribution in [1.29, 1.82) is 0 Å². The van der Waals surface area contributed by atoms with Crippen LogP contribution in [0.25, 0.3) is 0 Å². The Kier molecular flexibility index (Phi) is 5.16. The highest BCUT2D eigenvalue weighted by molar-refractivity contribution is 6.39. The maximum Gasteiger partial charge on any atom is 0.313 e. The van der Waals surface area contributed by atoms with Gasteiger partial charge in [0.2, 0.25) is 0 Å². The van der Waals surface area contributed by atoms with Crippen LogP contribution in [-0.2, 0) is 9.59 Å². The van der Waals surface area contributed by atoms with Crippen LogP contribution in [-0.4, -0.2) is 33.7 Å². The molecule has 2 rings (SSSR count).